The van der Waals surface area contributed by atoms with Crippen LogP contribution in [0.15, 0.2) is 29.6 Å². The fourth-order valence-electron chi connectivity index (χ4n) is 2.91. The van der Waals surface area contributed by atoms with Gasteiger partial charge in [0.2, 0.25) is 5.91 Å². The topological polar surface area (TPSA) is 80.0 Å². The Kier molecular flexibility index (Phi) is 4.13. The molecule has 3 rings (SSSR count). The number of amides is 1. The van der Waals surface area contributed by atoms with Crippen LogP contribution < -0.4 is 5.32 Å². The molecule has 1 unspecified atom stereocenters. The summed E-state index contributed by atoms with van der Waals surface area (Å²) >= 11 is 1.47. The van der Waals surface area contributed by atoms with E-state index in [1.54, 1.807) is 13.1 Å². The Balaban J connectivity index is 2.00. The van der Waals surface area contributed by atoms with Crippen LogP contribution in [0.25, 0.3) is 11.1 Å². The first-order valence-electron chi connectivity index (χ1n) is 7.71. The molecule has 2 aromatic rings. The molecule has 1 aliphatic rings. The summed E-state index contributed by atoms with van der Waals surface area (Å²) in [6, 6.07) is 8.19. The minimum atomic E-state index is -0.693. The van der Waals surface area contributed by atoms with Gasteiger partial charge in [0.1, 0.15) is 19.7 Å². The third-order valence-electron chi connectivity index (χ3n) is 4.81. The van der Waals surface area contributed by atoms with E-state index in [0.29, 0.717) is 0 Å². The summed E-state index contributed by atoms with van der Waals surface area (Å²) < 4.78 is 13.5. The van der Waals surface area contributed by atoms with Crippen LogP contribution in [-0.2, 0) is 10.3 Å². The molecule has 1 aromatic carbocycles. The molecule has 5 nitrogen and oxygen atoms in total. The van der Waals surface area contributed by atoms with Crippen LogP contribution in [-0.4, -0.2) is 31.7 Å². The van der Waals surface area contributed by atoms with Crippen molar-refractivity contribution in [3.63, 3.8) is 0 Å². The predicted octanol–water partition coefficient (Wildman–Crippen LogP) is 2.06. The summed E-state index contributed by atoms with van der Waals surface area (Å²) in [4.78, 5) is 14.6. The number of nitrogens with one attached hydrogen (secondary N) is 2. The van der Waals surface area contributed by atoms with Gasteiger partial charge < -0.3 is 5.32 Å². The van der Waals surface area contributed by atoms with E-state index in [2.05, 4.69) is 5.32 Å². The van der Waals surface area contributed by atoms with E-state index < -0.39 is 11.4 Å². The molecule has 1 aromatic heterocycles. The van der Waals surface area contributed by atoms with E-state index in [1.807, 2.05) is 32.3 Å². The van der Waals surface area contributed by atoms with Crippen molar-refractivity contribution >= 4 is 31.0 Å². The molecule has 1 saturated heterocycles. The molecule has 2 N–H and O–H groups in total. The van der Waals surface area contributed by atoms with Crippen LogP contribution in [0.3, 0.4) is 0 Å². The standard InChI is InChI=1S/C17H16BFN4OS/c1-17(14(18)15(24)23(2)16(21)22-17)13-6-11(8-25-13)9-3-4-12(19)10(5-9)7-20/h3-6,8,14H,18H2,1-2H3,(H2,21,22)/t14?,17-/m1/s1. The van der Waals surface area contributed by atoms with Crippen molar-refractivity contribution < 1.29 is 9.18 Å². The zero-order chi connectivity index (χ0) is 18.4. The molecule has 25 heavy (non-hydrogen) atoms. The molecule has 0 saturated carbocycles. The van der Waals surface area contributed by atoms with Gasteiger partial charge in [0.05, 0.1) is 11.1 Å². The van der Waals surface area contributed by atoms with E-state index in [0.717, 1.165) is 16.0 Å². The number of benzene rings is 1. The summed E-state index contributed by atoms with van der Waals surface area (Å²) in [5.41, 5.74) is 0.900. The number of guanidine groups is 1. The lowest BCUT2D eigenvalue weighted by molar-refractivity contribution is -0.129. The number of nitrogens with zero attached hydrogens (tertiary/aromatic N) is 2. The highest BCUT2D eigenvalue weighted by molar-refractivity contribution is 7.10. The first-order chi connectivity index (χ1) is 11.8. The maximum Gasteiger partial charge on any atom is 0.226 e. The third kappa shape index (κ3) is 2.70. The van der Waals surface area contributed by atoms with Crippen molar-refractivity contribution in [1.29, 1.82) is 10.7 Å². The van der Waals surface area contributed by atoms with Gasteiger partial charge in [0, 0.05) is 17.7 Å². The van der Waals surface area contributed by atoms with Crippen molar-refractivity contribution in [3.8, 4) is 17.2 Å². The minimum Gasteiger partial charge on any atom is -0.346 e. The largest absolute Gasteiger partial charge is 0.346 e. The van der Waals surface area contributed by atoms with Gasteiger partial charge in [-0.1, -0.05) is 6.07 Å². The zero-order valence-electron chi connectivity index (χ0n) is 14.1. The molecule has 1 aliphatic heterocycles. The summed E-state index contributed by atoms with van der Waals surface area (Å²) in [6.45, 7) is 1.90. The second-order valence-corrected chi connectivity index (χ2v) is 7.21. The van der Waals surface area contributed by atoms with Crippen LogP contribution in [0.1, 0.15) is 17.4 Å². The van der Waals surface area contributed by atoms with Gasteiger partial charge in [0.25, 0.3) is 0 Å². The number of carbonyl (C=O) groups is 1. The van der Waals surface area contributed by atoms with E-state index in [-0.39, 0.29) is 23.2 Å². The molecular formula is C17H16BFN4OS. The van der Waals surface area contributed by atoms with Crippen molar-refractivity contribution in [2.45, 2.75) is 18.3 Å². The van der Waals surface area contributed by atoms with E-state index in [4.69, 9.17) is 10.7 Å². The smallest absolute Gasteiger partial charge is 0.226 e. The van der Waals surface area contributed by atoms with Crippen molar-refractivity contribution in [1.82, 2.24) is 10.2 Å². The number of rotatable bonds is 2. The Bertz CT molecular complexity index is 922. The highest BCUT2D eigenvalue weighted by atomic mass is 32.1. The van der Waals surface area contributed by atoms with Crippen LogP contribution in [0.5, 0.6) is 0 Å². The Morgan fingerprint density at radius 3 is 2.84 bits per heavy atom. The van der Waals surface area contributed by atoms with Crippen LogP contribution in [0.4, 0.5) is 4.39 Å². The normalized spacial score (nSPS) is 23.3. The van der Waals surface area contributed by atoms with E-state index >= 15 is 0 Å². The average Bonchev–Trinajstić information content (AvgIpc) is 3.09. The van der Waals surface area contributed by atoms with Crippen LogP contribution >= 0.6 is 11.3 Å². The molecule has 1 amide bonds. The van der Waals surface area contributed by atoms with Crippen molar-refractivity contribution in [2.75, 3.05) is 7.05 Å². The average molecular weight is 354 g/mol. The maximum atomic E-state index is 13.5. The van der Waals surface area contributed by atoms with Crippen LogP contribution in [0, 0.1) is 22.6 Å². The zero-order valence-corrected chi connectivity index (χ0v) is 14.9. The summed E-state index contributed by atoms with van der Waals surface area (Å²) in [7, 11) is 3.42. The Morgan fingerprint density at radius 1 is 1.44 bits per heavy atom. The monoisotopic (exact) mass is 354 g/mol. The maximum absolute atomic E-state index is 13.5. The Hall–Kier alpha value is -2.66. The summed E-state index contributed by atoms with van der Waals surface area (Å²) in [6.07, 6.45) is 0. The summed E-state index contributed by atoms with van der Waals surface area (Å²) in [5, 5.41) is 22.0. The lowest BCUT2D eigenvalue weighted by atomic mass is 9.69. The second-order valence-electron chi connectivity index (χ2n) is 6.30. The number of hydrogen-bond acceptors (Lipinski definition) is 4. The predicted molar refractivity (Wildman–Crippen MR) is 97.7 cm³/mol. The molecule has 0 radical (unpaired) electrons. The fourth-order valence-corrected chi connectivity index (χ4v) is 4.04. The van der Waals surface area contributed by atoms with Gasteiger partial charge >= 0.3 is 0 Å². The number of hydrogen-bond donors (Lipinski definition) is 2. The lowest BCUT2D eigenvalue weighted by Gasteiger charge is -2.43. The third-order valence-corrected chi connectivity index (χ3v) is 5.98. The van der Waals surface area contributed by atoms with Crippen molar-refractivity contribution in [3.05, 3.63) is 45.9 Å². The highest BCUT2D eigenvalue weighted by Crippen LogP contribution is 2.41. The molecule has 2 atom stereocenters. The van der Waals surface area contributed by atoms with Gasteiger partial charge in [0.15, 0.2) is 5.96 Å². The van der Waals surface area contributed by atoms with Crippen molar-refractivity contribution in [2.24, 2.45) is 0 Å². The first kappa shape index (κ1) is 17.2. The molecule has 0 spiro atoms. The molecule has 126 valence electrons. The molecule has 1 fully saturated rings. The summed E-state index contributed by atoms with van der Waals surface area (Å²) in [5.74, 6) is -0.942. The number of halogens is 1. The fraction of sp³-hybridized carbons (Fsp3) is 0.235. The first-order valence-corrected chi connectivity index (χ1v) is 8.59. The lowest BCUT2D eigenvalue weighted by Crippen LogP contribution is -2.61. The van der Waals surface area contributed by atoms with Gasteiger partial charge in [-0.2, -0.15) is 5.26 Å². The minimum absolute atomic E-state index is 0.000739. The number of nitriles is 1. The molecular weight excluding hydrogens is 338 g/mol. The second kappa shape index (κ2) is 6.01. The van der Waals surface area contributed by atoms with E-state index in [9.17, 15) is 9.18 Å². The van der Waals surface area contributed by atoms with Gasteiger partial charge in [-0.15, -0.1) is 11.3 Å². The Morgan fingerprint density at radius 2 is 2.16 bits per heavy atom. The van der Waals surface area contributed by atoms with Gasteiger partial charge in [-0.05, 0) is 41.6 Å². The SMILES string of the molecule is BC1C(=O)N(C)C(=N)N[C@]1(C)c1cc(-c2ccc(F)c(C#N)c2)cs1. The quantitative estimate of drug-likeness (QED) is 0.811. The van der Waals surface area contributed by atoms with Crippen LogP contribution in [0.2, 0.25) is 5.82 Å². The molecule has 0 aliphatic carbocycles. The highest BCUT2D eigenvalue weighted by Gasteiger charge is 2.45. The number of thiophene rings is 1. The van der Waals surface area contributed by atoms with E-state index in [1.165, 1.54) is 28.4 Å². The molecule has 2 heterocycles. The number of carbonyl (C=O) groups excluding carboxylic acids is 1. The molecule has 8 heteroatoms. The Labute approximate surface area is 150 Å². The van der Waals surface area contributed by atoms with Gasteiger partial charge in [-0.25, -0.2) is 4.39 Å². The molecule has 0 bridgehead atoms. The van der Waals surface area contributed by atoms with Gasteiger partial charge in [-0.3, -0.25) is 15.1 Å².